The predicted molar refractivity (Wildman–Crippen MR) is 85.0 cm³/mol. The standard InChI is InChI=1S/C18H19ClO/c1-10-8-11(2)14(5)17(13(10)4)18(20)15-6-7-16(19)12(3)9-15/h6-9H,1-5H3. The minimum Gasteiger partial charge on any atom is -0.289 e. The van der Waals surface area contributed by atoms with Gasteiger partial charge in [0.25, 0.3) is 0 Å². The van der Waals surface area contributed by atoms with Gasteiger partial charge in [0.15, 0.2) is 5.78 Å². The molecule has 0 aliphatic carbocycles. The molecule has 0 fully saturated rings. The van der Waals surface area contributed by atoms with Crippen molar-refractivity contribution in [3.05, 3.63) is 68.2 Å². The highest BCUT2D eigenvalue weighted by Crippen LogP contribution is 2.25. The van der Waals surface area contributed by atoms with Crippen LogP contribution in [0.25, 0.3) is 0 Å². The summed E-state index contributed by atoms with van der Waals surface area (Å²) in [5.74, 6) is 0.0755. The topological polar surface area (TPSA) is 17.1 Å². The van der Waals surface area contributed by atoms with Gasteiger partial charge in [-0.05, 0) is 80.6 Å². The first-order chi connectivity index (χ1) is 9.32. The third-order valence-corrected chi connectivity index (χ3v) is 4.44. The van der Waals surface area contributed by atoms with E-state index in [0.29, 0.717) is 10.6 Å². The molecule has 0 N–H and O–H groups in total. The average molecular weight is 287 g/mol. The van der Waals surface area contributed by atoms with Crippen LogP contribution in [0.15, 0.2) is 24.3 Å². The Morgan fingerprint density at radius 3 is 1.90 bits per heavy atom. The quantitative estimate of drug-likeness (QED) is 0.701. The Morgan fingerprint density at radius 2 is 1.40 bits per heavy atom. The number of ketones is 1. The third kappa shape index (κ3) is 2.51. The number of carbonyl (C=O) groups is 1. The van der Waals surface area contributed by atoms with Gasteiger partial charge in [0.1, 0.15) is 0 Å². The molecule has 0 spiro atoms. The van der Waals surface area contributed by atoms with Crippen molar-refractivity contribution in [3.63, 3.8) is 0 Å². The molecule has 104 valence electrons. The molecule has 0 saturated carbocycles. The molecule has 1 nitrogen and oxygen atoms in total. The Kier molecular flexibility index (Phi) is 4.01. The van der Waals surface area contributed by atoms with E-state index in [2.05, 4.69) is 6.07 Å². The van der Waals surface area contributed by atoms with Crippen LogP contribution in [0.5, 0.6) is 0 Å². The first-order valence-electron chi connectivity index (χ1n) is 6.71. The van der Waals surface area contributed by atoms with Crippen LogP contribution < -0.4 is 0 Å². The first-order valence-corrected chi connectivity index (χ1v) is 7.09. The number of halogens is 1. The van der Waals surface area contributed by atoms with Crippen LogP contribution in [-0.2, 0) is 0 Å². The summed E-state index contributed by atoms with van der Waals surface area (Å²) >= 11 is 6.03. The van der Waals surface area contributed by atoms with Crippen molar-refractivity contribution in [2.75, 3.05) is 0 Å². The second-order valence-corrected chi connectivity index (χ2v) is 5.84. The van der Waals surface area contributed by atoms with Crippen LogP contribution in [-0.4, -0.2) is 5.78 Å². The van der Waals surface area contributed by atoms with Crippen LogP contribution in [0.2, 0.25) is 5.02 Å². The van der Waals surface area contributed by atoms with Crippen molar-refractivity contribution in [3.8, 4) is 0 Å². The summed E-state index contributed by atoms with van der Waals surface area (Å²) in [6.45, 7) is 10.0. The van der Waals surface area contributed by atoms with Gasteiger partial charge in [-0.25, -0.2) is 0 Å². The lowest BCUT2D eigenvalue weighted by molar-refractivity contribution is 0.103. The van der Waals surface area contributed by atoms with Gasteiger partial charge in [-0.3, -0.25) is 4.79 Å². The van der Waals surface area contributed by atoms with Gasteiger partial charge in [0.2, 0.25) is 0 Å². The molecular weight excluding hydrogens is 268 g/mol. The van der Waals surface area contributed by atoms with Crippen molar-refractivity contribution >= 4 is 17.4 Å². The lowest BCUT2D eigenvalue weighted by Crippen LogP contribution is -2.09. The van der Waals surface area contributed by atoms with Crippen molar-refractivity contribution in [2.24, 2.45) is 0 Å². The molecular formula is C18H19ClO. The van der Waals surface area contributed by atoms with Gasteiger partial charge >= 0.3 is 0 Å². The smallest absolute Gasteiger partial charge is 0.193 e. The summed E-state index contributed by atoms with van der Waals surface area (Å²) in [7, 11) is 0. The van der Waals surface area contributed by atoms with Crippen molar-refractivity contribution < 1.29 is 4.79 Å². The van der Waals surface area contributed by atoms with E-state index in [4.69, 9.17) is 11.6 Å². The van der Waals surface area contributed by atoms with Crippen molar-refractivity contribution in [1.29, 1.82) is 0 Å². The molecule has 0 aromatic heterocycles. The number of benzene rings is 2. The van der Waals surface area contributed by atoms with Gasteiger partial charge in [0, 0.05) is 16.1 Å². The van der Waals surface area contributed by atoms with Crippen LogP contribution in [0.4, 0.5) is 0 Å². The molecule has 20 heavy (non-hydrogen) atoms. The second-order valence-electron chi connectivity index (χ2n) is 5.43. The zero-order chi connectivity index (χ0) is 15.0. The van der Waals surface area contributed by atoms with Crippen LogP contribution in [0.1, 0.15) is 43.7 Å². The van der Waals surface area contributed by atoms with Gasteiger partial charge in [-0.15, -0.1) is 0 Å². The van der Waals surface area contributed by atoms with Crippen LogP contribution in [0, 0.1) is 34.6 Å². The highest BCUT2D eigenvalue weighted by atomic mass is 35.5. The fourth-order valence-electron chi connectivity index (χ4n) is 2.49. The monoisotopic (exact) mass is 286 g/mol. The fourth-order valence-corrected chi connectivity index (χ4v) is 2.61. The first kappa shape index (κ1) is 14.8. The molecule has 0 atom stereocenters. The Morgan fingerprint density at radius 1 is 0.850 bits per heavy atom. The van der Waals surface area contributed by atoms with Crippen molar-refractivity contribution in [2.45, 2.75) is 34.6 Å². The molecule has 0 amide bonds. The van der Waals surface area contributed by atoms with E-state index in [0.717, 1.165) is 33.4 Å². The van der Waals surface area contributed by atoms with Gasteiger partial charge < -0.3 is 0 Å². The molecule has 0 heterocycles. The Balaban J connectivity index is 2.62. The molecule has 0 bridgehead atoms. The highest BCUT2D eigenvalue weighted by Gasteiger charge is 2.17. The molecule has 2 aromatic rings. The van der Waals surface area contributed by atoms with Crippen molar-refractivity contribution in [1.82, 2.24) is 0 Å². The molecule has 0 radical (unpaired) electrons. The lowest BCUT2D eigenvalue weighted by Gasteiger charge is -2.14. The summed E-state index contributed by atoms with van der Waals surface area (Å²) in [5.41, 5.74) is 6.88. The number of aryl methyl sites for hydroxylation is 3. The number of carbonyl (C=O) groups excluding carboxylic acids is 1. The number of hydrogen-bond donors (Lipinski definition) is 0. The zero-order valence-corrected chi connectivity index (χ0v) is 13.4. The Hall–Kier alpha value is -1.60. The molecule has 0 aliphatic rings. The van der Waals surface area contributed by atoms with E-state index in [1.807, 2.05) is 40.7 Å². The molecule has 2 heteroatoms. The summed E-state index contributed by atoms with van der Waals surface area (Å²) in [5, 5.41) is 0.690. The van der Waals surface area contributed by atoms with Gasteiger partial charge in [-0.1, -0.05) is 17.7 Å². The maximum atomic E-state index is 12.8. The summed E-state index contributed by atoms with van der Waals surface area (Å²) < 4.78 is 0. The third-order valence-electron chi connectivity index (χ3n) is 4.01. The molecule has 0 saturated heterocycles. The number of rotatable bonds is 2. The normalized spacial score (nSPS) is 10.7. The highest BCUT2D eigenvalue weighted by molar-refractivity contribution is 6.31. The SMILES string of the molecule is Cc1cc(C(=O)c2c(C)c(C)cc(C)c2C)ccc1Cl. The Labute approximate surface area is 125 Å². The van der Waals surface area contributed by atoms with E-state index < -0.39 is 0 Å². The second kappa shape index (κ2) is 5.41. The van der Waals surface area contributed by atoms with Crippen LogP contribution in [0.3, 0.4) is 0 Å². The van der Waals surface area contributed by atoms with Crippen LogP contribution >= 0.6 is 11.6 Å². The maximum absolute atomic E-state index is 12.8. The summed E-state index contributed by atoms with van der Waals surface area (Å²) in [4.78, 5) is 12.8. The van der Waals surface area contributed by atoms with E-state index in [1.54, 1.807) is 12.1 Å². The summed E-state index contributed by atoms with van der Waals surface area (Å²) in [6, 6.07) is 7.58. The zero-order valence-electron chi connectivity index (χ0n) is 12.6. The molecule has 0 aliphatic heterocycles. The van der Waals surface area contributed by atoms with E-state index in [9.17, 15) is 4.79 Å². The van der Waals surface area contributed by atoms with Gasteiger partial charge in [0.05, 0.1) is 0 Å². The minimum atomic E-state index is 0.0755. The van der Waals surface area contributed by atoms with E-state index in [-0.39, 0.29) is 5.78 Å². The predicted octanol–water partition coefficient (Wildman–Crippen LogP) is 5.11. The van der Waals surface area contributed by atoms with Gasteiger partial charge in [-0.2, -0.15) is 0 Å². The number of hydrogen-bond acceptors (Lipinski definition) is 1. The molecule has 0 unspecified atom stereocenters. The lowest BCUT2D eigenvalue weighted by atomic mass is 9.89. The summed E-state index contributed by atoms with van der Waals surface area (Å²) in [6.07, 6.45) is 0. The largest absolute Gasteiger partial charge is 0.289 e. The molecule has 2 aromatic carbocycles. The minimum absolute atomic E-state index is 0.0755. The molecule has 2 rings (SSSR count). The Bertz CT molecular complexity index is 673. The fraction of sp³-hybridized carbons (Fsp3) is 0.278. The van der Waals surface area contributed by atoms with E-state index in [1.165, 1.54) is 0 Å². The maximum Gasteiger partial charge on any atom is 0.193 e. The van der Waals surface area contributed by atoms with E-state index >= 15 is 0 Å². The average Bonchev–Trinajstić information content (AvgIpc) is 2.40.